The molecule has 2 heterocycles. The van der Waals surface area contributed by atoms with Gasteiger partial charge in [-0.2, -0.15) is 0 Å². The van der Waals surface area contributed by atoms with E-state index >= 15 is 0 Å². The van der Waals surface area contributed by atoms with Crippen molar-refractivity contribution in [2.75, 3.05) is 37.1 Å². The van der Waals surface area contributed by atoms with Crippen LogP contribution in [-0.2, 0) is 4.74 Å². The van der Waals surface area contributed by atoms with Crippen LogP contribution in [0.3, 0.4) is 0 Å². The number of rotatable bonds is 5. The molecule has 1 aromatic rings. The first-order valence-electron chi connectivity index (χ1n) is 7.22. The zero-order chi connectivity index (χ0) is 14.5. The van der Waals surface area contributed by atoms with Gasteiger partial charge in [-0.25, -0.2) is 15.8 Å². The van der Waals surface area contributed by atoms with Gasteiger partial charge in [-0.05, 0) is 24.7 Å². The molecule has 1 aromatic heterocycles. The summed E-state index contributed by atoms with van der Waals surface area (Å²) < 4.78 is 5.30. The van der Waals surface area contributed by atoms with E-state index in [0.717, 1.165) is 36.9 Å². The van der Waals surface area contributed by atoms with Crippen molar-refractivity contribution < 1.29 is 4.74 Å². The molecule has 3 N–H and O–H groups in total. The minimum atomic E-state index is 0.319. The summed E-state index contributed by atoms with van der Waals surface area (Å²) in [6.45, 7) is 7.09. The number of piperidine rings is 1. The quantitative estimate of drug-likeness (QED) is 0.631. The van der Waals surface area contributed by atoms with Gasteiger partial charge in [0.2, 0.25) is 0 Å². The summed E-state index contributed by atoms with van der Waals surface area (Å²) in [6.07, 6.45) is 3.96. The summed E-state index contributed by atoms with van der Waals surface area (Å²) in [5.74, 6) is 8.19. The van der Waals surface area contributed by atoms with E-state index < -0.39 is 0 Å². The molecule has 2 rings (SSSR count). The number of nitrogens with two attached hydrogens (primary N) is 1. The molecule has 0 aromatic carbocycles. The number of hydrogen-bond acceptors (Lipinski definition) is 6. The molecule has 1 unspecified atom stereocenters. The summed E-state index contributed by atoms with van der Waals surface area (Å²) in [7, 11) is 1.76. The third-order valence-electron chi connectivity index (χ3n) is 3.80. The Hall–Kier alpha value is -1.40. The smallest absolute Gasteiger partial charge is 0.148 e. The molecule has 1 aliphatic heterocycles. The van der Waals surface area contributed by atoms with Crippen molar-refractivity contribution in [2.24, 2.45) is 11.8 Å². The minimum absolute atomic E-state index is 0.319. The first-order chi connectivity index (χ1) is 9.67. The summed E-state index contributed by atoms with van der Waals surface area (Å²) in [5, 5.41) is 0. The first kappa shape index (κ1) is 15.0. The van der Waals surface area contributed by atoms with Gasteiger partial charge in [0, 0.05) is 25.8 Å². The fourth-order valence-corrected chi connectivity index (χ4v) is 2.91. The number of anilines is 2. The van der Waals surface area contributed by atoms with Crippen LogP contribution in [0.15, 0.2) is 6.33 Å². The lowest BCUT2D eigenvalue weighted by Crippen LogP contribution is -2.38. The first-order valence-corrected chi connectivity index (χ1v) is 7.22. The van der Waals surface area contributed by atoms with Gasteiger partial charge in [-0.15, -0.1) is 0 Å². The molecule has 1 saturated heterocycles. The van der Waals surface area contributed by atoms with Crippen molar-refractivity contribution in [3.05, 3.63) is 11.9 Å². The van der Waals surface area contributed by atoms with E-state index in [4.69, 9.17) is 10.6 Å². The molecule has 0 spiro atoms. The highest BCUT2D eigenvalue weighted by molar-refractivity contribution is 5.60. The molecular formula is C14H25N5O. The second-order valence-corrected chi connectivity index (χ2v) is 5.67. The normalized spacial score (nSPS) is 19.4. The predicted molar refractivity (Wildman–Crippen MR) is 80.7 cm³/mol. The fourth-order valence-electron chi connectivity index (χ4n) is 2.91. The highest BCUT2D eigenvalue weighted by Crippen LogP contribution is 2.32. The number of hydrogen-bond donors (Lipinski definition) is 2. The third-order valence-corrected chi connectivity index (χ3v) is 3.80. The van der Waals surface area contributed by atoms with E-state index in [1.54, 1.807) is 13.4 Å². The van der Waals surface area contributed by atoms with E-state index in [2.05, 4.69) is 34.1 Å². The zero-order valence-corrected chi connectivity index (χ0v) is 12.6. The van der Waals surface area contributed by atoms with Gasteiger partial charge in [-0.1, -0.05) is 13.8 Å². The molecule has 0 radical (unpaired) electrons. The molecule has 6 heteroatoms. The molecule has 0 bridgehead atoms. The Morgan fingerprint density at radius 3 is 2.95 bits per heavy atom. The second-order valence-electron chi connectivity index (χ2n) is 5.67. The van der Waals surface area contributed by atoms with E-state index in [1.165, 1.54) is 12.8 Å². The Kier molecular flexibility index (Phi) is 5.14. The summed E-state index contributed by atoms with van der Waals surface area (Å²) in [4.78, 5) is 11.1. The number of nitrogens with one attached hydrogen (secondary N) is 1. The Morgan fingerprint density at radius 1 is 1.50 bits per heavy atom. The van der Waals surface area contributed by atoms with Crippen LogP contribution in [0.1, 0.15) is 38.2 Å². The molecule has 1 fully saturated rings. The largest absolute Gasteiger partial charge is 0.384 e. The SMILES string of the molecule is COCC1CCCN(c2ncnc(NN)c2C(C)C)C1. The molecular weight excluding hydrogens is 254 g/mol. The maximum atomic E-state index is 5.58. The Balaban J connectivity index is 2.27. The monoisotopic (exact) mass is 279 g/mol. The van der Waals surface area contributed by atoms with Gasteiger partial charge in [0.1, 0.15) is 18.0 Å². The minimum Gasteiger partial charge on any atom is -0.384 e. The predicted octanol–water partition coefficient (Wildman–Crippen LogP) is 1.75. The summed E-state index contributed by atoms with van der Waals surface area (Å²) in [5.41, 5.74) is 3.78. The topological polar surface area (TPSA) is 76.3 Å². The molecule has 6 nitrogen and oxygen atoms in total. The van der Waals surface area contributed by atoms with Gasteiger partial charge in [-0.3, -0.25) is 0 Å². The molecule has 20 heavy (non-hydrogen) atoms. The summed E-state index contributed by atoms with van der Waals surface area (Å²) in [6, 6.07) is 0. The maximum Gasteiger partial charge on any atom is 0.148 e. The van der Waals surface area contributed by atoms with Crippen molar-refractivity contribution >= 4 is 11.6 Å². The lowest BCUT2D eigenvalue weighted by molar-refractivity contribution is 0.143. The number of ether oxygens (including phenoxy) is 1. The van der Waals surface area contributed by atoms with Crippen molar-refractivity contribution in [3.8, 4) is 0 Å². The van der Waals surface area contributed by atoms with Crippen LogP contribution in [-0.4, -0.2) is 36.8 Å². The Bertz CT molecular complexity index is 436. The van der Waals surface area contributed by atoms with Crippen molar-refractivity contribution in [1.29, 1.82) is 0 Å². The third kappa shape index (κ3) is 3.19. The van der Waals surface area contributed by atoms with E-state index in [9.17, 15) is 0 Å². The van der Waals surface area contributed by atoms with Crippen LogP contribution in [0.5, 0.6) is 0 Å². The van der Waals surface area contributed by atoms with Gasteiger partial charge in [0.15, 0.2) is 0 Å². The van der Waals surface area contributed by atoms with Crippen LogP contribution in [0.25, 0.3) is 0 Å². The van der Waals surface area contributed by atoms with Crippen molar-refractivity contribution in [2.45, 2.75) is 32.6 Å². The standard InChI is InChI=1S/C14H25N5O/c1-10(2)12-13(18-15)16-9-17-14(12)19-6-4-5-11(7-19)8-20-3/h9-11H,4-8,15H2,1-3H3,(H,16,17,18). The average molecular weight is 279 g/mol. The zero-order valence-electron chi connectivity index (χ0n) is 12.6. The van der Waals surface area contributed by atoms with Crippen LogP contribution >= 0.6 is 0 Å². The van der Waals surface area contributed by atoms with Crippen LogP contribution in [0.4, 0.5) is 11.6 Å². The van der Waals surface area contributed by atoms with E-state index in [-0.39, 0.29) is 0 Å². The van der Waals surface area contributed by atoms with Gasteiger partial charge in [0.25, 0.3) is 0 Å². The number of nitrogen functional groups attached to an aromatic ring is 1. The second kappa shape index (κ2) is 6.85. The average Bonchev–Trinajstić information content (AvgIpc) is 2.47. The lowest BCUT2D eigenvalue weighted by Gasteiger charge is -2.35. The van der Waals surface area contributed by atoms with Gasteiger partial charge >= 0.3 is 0 Å². The fraction of sp³-hybridized carbons (Fsp3) is 0.714. The maximum absolute atomic E-state index is 5.58. The van der Waals surface area contributed by atoms with Crippen LogP contribution in [0, 0.1) is 5.92 Å². The van der Waals surface area contributed by atoms with Gasteiger partial charge < -0.3 is 15.1 Å². The number of aromatic nitrogens is 2. The van der Waals surface area contributed by atoms with Crippen LogP contribution in [0.2, 0.25) is 0 Å². The highest BCUT2D eigenvalue weighted by atomic mass is 16.5. The Morgan fingerprint density at radius 2 is 2.30 bits per heavy atom. The highest BCUT2D eigenvalue weighted by Gasteiger charge is 2.25. The van der Waals surface area contributed by atoms with Crippen molar-refractivity contribution in [1.82, 2.24) is 9.97 Å². The van der Waals surface area contributed by atoms with Crippen LogP contribution < -0.4 is 16.2 Å². The summed E-state index contributed by atoms with van der Waals surface area (Å²) >= 11 is 0. The molecule has 1 aliphatic rings. The molecule has 112 valence electrons. The van der Waals surface area contributed by atoms with E-state index in [1.807, 2.05) is 0 Å². The number of methoxy groups -OCH3 is 1. The van der Waals surface area contributed by atoms with Crippen molar-refractivity contribution in [3.63, 3.8) is 0 Å². The molecule has 0 saturated carbocycles. The molecule has 1 atom stereocenters. The number of nitrogens with zero attached hydrogens (tertiary/aromatic N) is 3. The molecule has 0 aliphatic carbocycles. The Labute approximate surface area is 120 Å². The van der Waals surface area contributed by atoms with E-state index in [0.29, 0.717) is 11.8 Å². The number of hydrazine groups is 1. The lowest BCUT2D eigenvalue weighted by atomic mass is 9.97. The van der Waals surface area contributed by atoms with Gasteiger partial charge in [0.05, 0.1) is 6.61 Å². The molecule has 0 amide bonds.